The predicted molar refractivity (Wildman–Crippen MR) is 68.6 cm³/mol. The standard InChI is InChI=1S/C13H23N3O/c1-13(2,3)9-10(14)7-12(17)8-11-5-6-16(4)15-11/h5-6,10H,7-9,14H2,1-4H3. The van der Waals surface area contributed by atoms with Gasteiger partial charge in [-0.1, -0.05) is 20.8 Å². The number of nitrogens with zero attached hydrogens (tertiary/aromatic N) is 2. The van der Waals surface area contributed by atoms with Crippen molar-refractivity contribution >= 4 is 5.78 Å². The van der Waals surface area contributed by atoms with Crippen LogP contribution in [0.15, 0.2) is 12.3 Å². The number of rotatable bonds is 5. The van der Waals surface area contributed by atoms with E-state index in [1.807, 2.05) is 19.3 Å². The summed E-state index contributed by atoms with van der Waals surface area (Å²) in [6.07, 6.45) is 3.53. The van der Waals surface area contributed by atoms with E-state index in [2.05, 4.69) is 25.9 Å². The molecule has 0 amide bonds. The van der Waals surface area contributed by atoms with E-state index in [0.29, 0.717) is 12.8 Å². The maximum atomic E-state index is 11.8. The molecule has 1 rings (SSSR count). The molecule has 1 heterocycles. The lowest BCUT2D eigenvalue weighted by Crippen LogP contribution is -2.29. The van der Waals surface area contributed by atoms with Crippen LogP contribution in [-0.2, 0) is 18.3 Å². The molecule has 0 fully saturated rings. The summed E-state index contributed by atoms with van der Waals surface area (Å²) in [5.74, 6) is 0.167. The normalized spacial score (nSPS) is 13.7. The average Bonchev–Trinajstić information content (AvgIpc) is 2.46. The van der Waals surface area contributed by atoms with Crippen LogP contribution in [0.1, 0.15) is 39.3 Å². The summed E-state index contributed by atoms with van der Waals surface area (Å²) in [6, 6.07) is 1.82. The molecule has 17 heavy (non-hydrogen) atoms. The molecule has 0 aliphatic rings. The Hall–Kier alpha value is -1.16. The van der Waals surface area contributed by atoms with Crippen molar-refractivity contribution in [1.29, 1.82) is 0 Å². The molecule has 0 saturated carbocycles. The highest BCUT2D eigenvalue weighted by Crippen LogP contribution is 2.21. The van der Waals surface area contributed by atoms with Crippen molar-refractivity contribution in [1.82, 2.24) is 9.78 Å². The van der Waals surface area contributed by atoms with Crippen molar-refractivity contribution in [3.8, 4) is 0 Å². The third-order valence-corrected chi connectivity index (χ3v) is 2.51. The molecule has 0 aromatic carbocycles. The number of carbonyl (C=O) groups excluding carboxylic acids is 1. The van der Waals surface area contributed by atoms with Gasteiger partial charge in [-0.2, -0.15) is 5.10 Å². The maximum absolute atomic E-state index is 11.8. The molecular formula is C13H23N3O. The molecule has 0 radical (unpaired) electrons. The monoisotopic (exact) mass is 237 g/mol. The summed E-state index contributed by atoms with van der Waals surface area (Å²) in [6.45, 7) is 6.41. The maximum Gasteiger partial charge on any atom is 0.140 e. The number of ketones is 1. The minimum Gasteiger partial charge on any atom is -0.327 e. The van der Waals surface area contributed by atoms with Crippen LogP contribution in [0.3, 0.4) is 0 Å². The number of aromatic nitrogens is 2. The molecule has 1 atom stereocenters. The van der Waals surface area contributed by atoms with E-state index in [1.54, 1.807) is 4.68 Å². The van der Waals surface area contributed by atoms with Crippen LogP contribution in [0.4, 0.5) is 0 Å². The molecule has 0 aliphatic carbocycles. The van der Waals surface area contributed by atoms with Crippen molar-refractivity contribution in [3.05, 3.63) is 18.0 Å². The Bertz CT molecular complexity index is 376. The number of Topliss-reactive ketones (excluding diaryl/α,β-unsaturated/α-hetero) is 1. The summed E-state index contributed by atoms with van der Waals surface area (Å²) in [5.41, 5.74) is 6.96. The van der Waals surface area contributed by atoms with E-state index in [1.165, 1.54) is 0 Å². The lowest BCUT2D eigenvalue weighted by Gasteiger charge is -2.22. The van der Waals surface area contributed by atoms with Crippen LogP contribution in [0.2, 0.25) is 0 Å². The van der Waals surface area contributed by atoms with E-state index in [4.69, 9.17) is 5.73 Å². The van der Waals surface area contributed by atoms with Gasteiger partial charge in [0.05, 0.1) is 12.1 Å². The molecule has 0 bridgehead atoms. The van der Waals surface area contributed by atoms with Gasteiger partial charge < -0.3 is 5.73 Å². The number of hydrogen-bond donors (Lipinski definition) is 1. The van der Waals surface area contributed by atoms with Crippen molar-refractivity contribution in [2.75, 3.05) is 0 Å². The third-order valence-electron chi connectivity index (χ3n) is 2.51. The third kappa shape index (κ3) is 5.63. The van der Waals surface area contributed by atoms with Gasteiger partial charge in [-0.15, -0.1) is 0 Å². The van der Waals surface area contributed by atoms with E-state index in [0.717, 1.165) is 12.1 Å². The van der Waals surface area contributed by atoms with Gasteiger partial charge in [-0.05, 0) is 17.9 Å². The van der Waals surface area contributed by atoms with E-state index in [9.17, 15) is 4.79 Å². The quantitative estimate of drug-likeness (QED) is 0.847. The summed E-state index contributed by atoms with van der Waals surface area (Å²) >= 11 is 0. The van der Waals surface area contributed by atoms with Gasteiger partial charge in [-0.3, -0.25) is 9.48 Å². The van der Waals surface area contributed by atoms with Crippen molar-refractivity contribution in [2.24, 2.45) is 18.2 Å². The molecule has 0 spiro atoms. The topological polar surface area (TPSA) is 60.9 Å². The van der Waals surface area contributed by atoms with Crippen molar-refractivity contribution in [2.45, 2.75) is 46.1 Å². The smallest absolute Gasteiger partial charge is 0.140 e. The first-order chi connectivity index (χ1) is 7.76. The van der Waals surface area contributed by atoms with Crippen LogP contribution < -0.4 is 5.73 Å². The Labute approximate surface area is 103 Å². The van der Waals surface area contributed by atoms with E-state index >= 15 is 0 Å². The zero-order chi connectivity index (χ0) is 13.1. The van der Waals surface area contributed by atoms with Crippen LogP contribution in [0.25, 0.3) is 0 Å². The summed E-state index contributed by atoms with van der Waals surface area (Å²) in [7, 11) is 1.85. The first kappa shape index (κ1) is 13.9. The second-order valence-electron chi connectivity index (χ2n) is 5.93. The summed E-state index contributed by atoms with van der Waals surface area (Å²) < 4.78 is 1.71. The van der Waals surface area contributed by atoms with E-state index in [-0.39, 0.29) is 17.2 Å². The van der Waals surface area contributed by atoms with Crippen LogP contribution in [-0.4, -0.2) is 21.6 Å². The lowest BCUT2D eigenvalue weighted by molar-refractivity contribution is -0.118. The minimum atomic E-state index is -0.0498. The fraction of sp³-hybridized carbons (Fsp3) is 0.692. The molecular weight excluding hydrogens is 214 g/mol. The van der Waals surface area contributed by atoms with Gasteiger partial charge in [0.15, 0.2) is 0 Å². The Morgan fingerprint density at radius 3 is 2.65 bits per heavy atom. The zero-order valence-corrected chi connectivity index (χ0v) is 11.2. The summed E-state index contributed by atoms with van der Waals surface area (Å²) in [4.78, 5) is 11.8. The SMILES string of the molecule is Cn1ccc(CC(=O)CC(N)CC(C)(C)C)n1. The number of carbonyl (C=O) groups is 1. The average molecular weight is 237 g/mol. The predicted octanol–water partition coefficient (Wildman–Crippen LogP) is 1.69. The second kappa shape index (κ2) is 5.45. The first-order valence-electron chi connectivity index (χ1n) is 6.02. The number of nitrogens with two attached hydrogens (primary N) is 1. The van der Waals surface area contributed by atoms with Gasteiger partial charge in [0, 0.05) is 25.7 Å². The number of hydrogen-bond acceptors (Lipinski definition) is 3. The molecule has 1 unspecified atom stereocenters. The lowest BCUT2D eigenvalue weighted by atomic mass is 9.86. The fourth-order valence-electron chi connectivity index (χ4n) is 1.98. The second-order valence-corrected chi connectivity index (χ2v) is 5.93. The van der Waals surface area contributed by atoms with Crippen molar-refractivity contribution in [3.63, 3.8) is 0 Å². The Morgan fingerprint density at radius 2 is 2.18 bits per heavy atom. The van der Waals surface area contributed by atoms with Gasteiger partial charge in [-0.25, -0.2) is 0 Å². The highest BCUT2D eigenvalue weighted by molar-refractivity contribution is 5.80. The van der Waals surface area contributed by atoms with Gasteiger partial charge in [0.1, 0.15) is 5.78 Å². The van der Waals surface area contributed by atoms with Crippen molar-refractivity contribution < 1.29 is 4.79 Å². The van der Waals surface area contributed by atoms with Gasteiger partial charge in [0.25, 0.3) is 0 Å². The van der Waals surface area contributed by atoms with Crippen LogP contribution >= 0.6 is 0 Å². The van der Waals surface area contributed by atoms with Crippen LogP contribution in [0.5, 0.6) is 0 Å². The summed E-state index contributed by atoms with van der Waals surface area (Å²) in [5, 5.41) is 4.19. The molecule has 1 aromatic rings. The van der Waals surface area contributed by atoms with E-state index < -0.39 is 0 Å². The van der Waals surface area contributed by atoms with Crippen LogP contribution in [0, 0.1) is 5.41 Å². The Kier molecular flexibility index (Phi) is 4.46. The highest BCUT2D eigenvalue weighted by atomic mass is 16.1. The molecule has 2 N–H and O–H groups in total. The largest absolute Gasteiger partial charge is 0.327 e. The molecule has 1 aromatic heterocycles. The molecule has 4 heteroatoms. The molecule has 0 saturated heterocycles. The Morgan fingerprint density at radius 1 is 1.53 bits per heavy atom. The highest BCUT2D eigenvalue weighted by Gasteiger charge is 2.18. The molecule has 0 aliphatic heterocycles. The van der Waals surface area contributed by atoms with Gasteiger partial charge >= 0.3 is 0 Å². The first-order valence-corrected chi connectivity index (χ1v) is 6.02. The zero-order valence-electron chi connectivity index (χ0n) is 11.2. The fourth-order valence-corrected chi connectivity index (χ4v) is 1.98. The molecule has 96 valence electrons. The van der Waals surface area contributed by atoms with Gasteiger partial charge in [0.2, 0.25) is 0 Å². The minimum absolute atomic E-state index is 0.0498. The Balaban J connectivity index is 2.39. The molecule has 4 nitrogen and oxygen atoms in total. The number of aryl methyl sites for hydroxylation is 1.